The summed E-state index contributed by atoms with van der Waals surface area (Å²) in [6.07, 6.45) is 3.49. The summed E-state index contributed by atoms with van der Waals surface area (Å²) >= 11 is 0. The Morgan fingerprint density at radius 1 is 1.33 bits per heavy atom. The van der Waals surface area contributed by atoms with Crippen LogP contribution in [0.4, 0.5) is 0 Å². The minimum atomic E-state index is -0.0140. The highest BCUT2D eigenvalue weighted by Gasteiger charge is 2.11. The maximum absolute atomic E-state index is 11.8. The second-order valence-electron chi connectivity index (χ2n) is 3.73. The van der Waals surface area contributed by atoms with Gasteiger partial charge in [-0.15, -0.1) is 0 Å². The standard InChI is InChI=1S/C11H13N3O/c1-7-4-9(6-12-5-7)10-8(2)13-14(3)11(10)15/h4-6,13H,1-3H3. The highest BCUT2D eigenvalue weighted by molar-refractivity contribution is 5.64. The van der Waals surface area contributed by atoms with Gasteiger partial charge in [0.15, 0.2) is 0 Å². The van der Waals surface area contributed by atoms with Crippen molar-refractivity contribution < 1.29 is 0 Å². The van der Waals surface area contributed by atoms with Crippen LogP contribution in [0.1, 0.15) is 11.3 Å². The number of rotatable bonds is 1. The van der Waals surface area contributed by atoms with Crippen molar-refractivity contribution in [1.29, 1.82) is 0 Å². The molecule has 2 aromatic rings. The normalized spacial score (nSPS) is 10.6. The third kappa shape index (κ3) is 1.58. The molecule has 0 radical (unpaired) electrons. The van der Waals surface area contributed by atoms with Crippen LogP contribution in [0.25, 0.3) is 11.1 Å². The highest BCUT2D eigenvalue weighted by Crippen LogP contribution is 2.17. The van der Waals surface area contributed by atoms with Crippen LogP contribution in [0, 0.1) is 13.8 Å². The van der Waals surface area contributed by atoms with Gasteiger partial charge in [-0.25, -0.2) is 0 Å². The summed E-state index contributed by atoms with van der Waals surface area (Å²) in [5, 5.41) is 2.97. The smallest absolute Gasteiger partial charge is 0.274 e. The molecule has 0 aliphatic rings. The van der Waals surface area contributed by atoms with Gasteiger partial charge in [-0.05, 0) is 25.5 Å². The molecule has 2 aromatic heterocycles. The van der Waals surface area contributed by atoms with E-state index in [2.05, 4.69) is 10.1 Å². The van der Waals surface area contributed by atoms with Crippen LogP contribution in [0.5, 0.6) is 0 Å². The van der Waals surface area contributed by atoms with Gasteiger partial charge < -0.3 is 0 Å². The lowest BCUT2D eigenvalue weighted by atomic mass is 10.1. The molecule has 0 amide bonds. The molecule has 0 aliphatic carbocycles. The Morgan fingerprint density at radius 2 is 2.07 bits per heavy atom. The molecule has 0 bridgehead atoms. The summed E-state index contributed by atoms with van der Waals surface area (Å²) in [4.78, 5) is 15.9. The van der Waals surface area contributed by atoms with E-state index in [0.717, 1.165) is 16.8 Å². The zero-order valence-electron chi connectivity index (χ0n) is 9.03. The number of aromatic amines is 1. The molecule has 0 saturated carbocycles. The van der Waals surface area contributed by atoms with Gasteiger partial charge >= 0.3 is 0 Å². The van der Waals surface area contributed by atoms with Crippen molar-refractivity contribution in [3.8, 4) is 11.1 Å². The number of aromatic nitrogens is 3. The zero-order valence-corrected chi connectivity index (χ0v) is 9.03. The molecule has 15 heavy (non-hydrogen) atoms. The first-order valence-corrected chi connectivity index (χ1v) is 4.77. The second kappa shape index (κ2) is 3.38. The fourth-order valence-corrected chi connectivity index (χ4v) is 1.72. The highest BCUT2D eigenvalue weighted by atomic mass is 16.1. The van der Waals surface area contributed by atoms with Crippen molar-refractivity contribution in [2.24, 2.45) is 7.05 Å². The largest absolute Gasteiger partial charge is 0.300 e. The quantitative estimate of drug-likeness (QED) is 0.761. The third-order valence-corrected chi connectivity index (χ3v) is 2.39. The molecule has 4 heteroatoms. The SMILES string of the molecule is Cc1cncc(-c2c(C)[nH]n(C)c2=O)c1. The van der Waals surface area contributed by atoms with E-state index in [4.69, 9.17) is 0 Å². The van der Waals surface area contributed by atoms with Gasteiger partial charge in [-0.3, -0.25) is 19.6 Å². The Morgan fingerprint density at radius 3 is 2.60 bits per heavy atom. The van der Waals surface area contributed by atoms with Gasteiger partial charge in [0.25, 0.3) is 5.56 Å². The lowest BCUT2D eigenvalue weighted by Gasteiger charge is -1.98. The Hall–Kier alpha value is -1.84. The minimum Gasteiger partial charge on any atom is -0.300 e. The predicted molar refractivity (Wildman–Crippen MR) is 58.7 cm³/mol. The van der Waals surface area contributed by atoms with E-state index in [9.17, 15) is 4.79 Å². The second-order valence-corrected chi connectivity index (χ2v) is 3.73. The summed E-state index contributed by atoms with van der Waals surface area (Å²) in [5.74, 6) is 0. The van der Waals surface area contributed by atoms with Crippen LogP contribution in [0.15, 0.2) is 23.3 Å². The summed E-state index contributed by atoms with van der Waals surface area (Å²) in [6.45, 7) is 3.85. The van der Waals surface area contributed by atoms with Crippen molar-refractivity contribution >= 4 is 0 Å². The van der Waals surface area contributed by atoms with Crippen molar-refractivity contribution in [2.75, 3.05) is 0 Å². The molecule has 0 fully saturated rings. The number of hydrogen-bond donors (Lipinski definition) is 1. The molecule has 1 N–H and O–H groups in total. The number of pyridine rings is 1. The molecule has 0 saturated heterocycles. The molecule has 0 unspecified atom stereocenters. The number of nitrogens with one attached hydrogen (secondary N) is 1. The van der Waals surface area contributed by atoms with Gasteiger partial charge in [0.05, 0.1) is 5.56 Å². The van der Waals surface area contributed by atoms with Gasteiger partial charge in [-0.2, -0.15) is 0 Å². The van der Waals surface area contributed by atoms with Crippen molar-refractivity contribution in [3.63, 3.8) is 0 Å². The summed E-state index contributed by atoms with van der Waals surface area (Å²) in [6, 6.07) is 1.96. The minimum absolute atomic E-state index is 0.0140. The van der Waals surface area contributed by atoms with Gasteiger partial charge in [0.2, 0.25) is 0 Å². The molecule has 0 aromatic carbocycles. The first-order chi connectivity index (χ1) is 7.09. The molecule has 4 nitrogen and oxygen atoms in total. The maximum atomic E-state index is 11.8. The van der Waals surface area contributed by atoms with Crippen LogP contribution in [-0.2, 0) is 7.05 Å². The van der Waals surface area contributed by atoms with Crippen LogP contribution >= 0.6 is 0 Å². The fraction of sp³-hybridized carbons (Fsp3) is 0.273. The number of H-pyrrole nitrogens is 1. The van der Waals surface area contributed by atoms with Gasteiger partial charge in [0, 0.05) is 30.7 Å². The maximum Gasteiger partial charge on any atom is 0.274 e. The van der Waals surface area contributed by atoms with Crippen molar-refractivity contribution in [2.45, 2.75) is 13.8 Å². The van der Waals surface area contributed by atoms with Crippen LogP contribution in [-0.4, -0.2) is 14.8 Å². The number of nitrogens with zero attached hydrogens (tertiary/aromatic N) is 2. The fourth-order valence-electron chi connectivity index (χ4n) is 1.72. The van der Waals surface area contributed by atoms with Gasteiger partial charge in [0.1, 0.15) is 0 Å². The van der Waals surface area contributed by atoms with Crippen molar-refractivity contribution in [3.05, 3.63) is 40.1 Å². The Labute approximate surface area is 87.6 Å². The van der Waals surface area contributed by atoms with Crippen LogP contribution in [0.3, 0.4) is 0 Å². The Bertz CT molecular complexity index is 551. The lowest BCUT2D eigenvalue weighted by Crippen LogP contribution is -2.13. The summed E-state index contributed by atoms with van der Waals surface area (Å²) in [5.41, 5.74) is 3.48. The molecule has 0 spiro atoms. The van der Waals surface area contributed by atoms with Crippen LogP contribution in [0.2, 0.25) is 0 Å². The molecular formula is C11H13N3O. The van der Waals surface area contributed by atoms with Crippen LogP contribution < -0.4 is 5.56 Å². The molecule has 2 rings (SSSR count). The molecule has 2 heterocycles. The average molecular weight is 203 g/mol. The Balaban J connectivity index is 2.69. The van der Waals surface area contributed by atoms with E-state index in [1.807, 2.05) is 19.9 Å². The third-order valence-electron chi connectivity index (χ3n) is 2.39. The summed E-state index contributed by atoms with van der Waals surface area (Å²) < 4.78 is 1.48. The van der Waals surface area contributed by atoms with E-state index in [0.29, 0.717) is 5.56 Å². The first-order valence-electron chi connectivity index (χ1n) is 4.77. The zero-order chi connectivity index (χ0) is 11.0. The molecule has 0 aliphatic heterocycles. The predicted octanol–water partition coefficient (Wildman–Crippen LogP) is 1.39. The lowest BCUT2D eigenvalue weighted by molar-refractivity contribution is 0.731. The number of aryl methyl sites for hydroxylation is 3. The van der Waals surface area contributed by atoms with E-state index in [1.165, 1.54) is 4.68 Å². The van der Waals surface area contributed by atoms with E-state index < -0.39 is 0 Å². The summed E-state index contributed by atoms with van der Waals surface area (Å²) in [7, 11) is 1.71. The first kappa shape index (κ1) is 9.71. The van der Waals surface area contributed by atoms with E-state index in [1.54, 1.807) is 19.4 Å². The molecular weight excluding hydrogens is 190 g/mol. The average Bonchev–Trinajstić information content (AvgIpc) is 2.41. The molecule has 0 atom stereocenters. The van der Waals surface area contributed by atoms with E-state index in [-0.39, 0.29) is 5.56 Å². The van der Waals surface area contributed by atoms with E-state index >= 15 is 0 Å². The topological polar surface area (TPSA) is 50.7 Å². The number of hydrogen-bond acceptors (Lipinski definition) is 2. The molecule has 78 valence electrons. The van der Waals surface area contributed by atoms with Gasteiger partial charge in [-0.1, -0.05) is 0 Å². The monoisotopic (exact) mass is 203 g/mol. The Kier molecular flexibility index (Phi) is 2.19. The van der Waals surface area contributed by atoms with Crippen molar-refractivity contribution in [1.82, 2.24) is 14.8 Å².